The molecule has 0 saturated carbocycles. The standard InChI is InChI=1S/C16H21F3O2S/c1-11(2)10-22-15-12(16(17,18)19)6-5-7-13(15)21-14-8-3-4-9-20-14/h5-7,11,14H,3-4,8-10H2,1-2H3. The highest BCUT2D eigenvalue weighted by molar-refractivity contribution is 7.99. The average molecular weight is 334 g/mol. The second kappa shape index (κ2) is 7.59. The lowest BCUT2D eigenvalue weighted by Gasteiger charge is -2.25. The van der Waals surface area contributed by atoms with E-state index in [-0.39, 0.29) is 10.6 Å². The van der Waals surface area contributed by atoms with Gasteiger partial charge in [0.2, 0.25) is 0 Å². The molecule has 1 heterocycles. The second-order valence-electron chi connectivity index (χ2n) is 5.75. The van der Waals surface area contributed by atoms with Crippen molar-refractivity contribution in [3.05, 3.63) is 23.8 Å². The van der Waals surface area contributed by atoms with Crippen molar-refractivity contribution in [2.75, 3.05) is 12.4 Å². The normalized spacial score (nSPS) is 19.5. The van der Waals surface area contributed by atoms with Gasteiger partial charge >= 0.3 is 6.18 Å². The fourth-order valence-electron chi connectivity index (χ4n) is 2.18. The highest BCUT2D eigenvalue weighted by atomic mass is 32.2. The Morgan fingerprint density at radius 1 is 1.32 bits per heavy atom. The molecule has 0 amide bonds. The van der Waals surface area contributed by atoms with Gasteiger partial charge in [0, 0.05) is 12.2 Å². The quantitative estimate of drug-likeness (QED) is 0.676. The Kier molecular flexibility index (Phi) is 6.03. The Labute approximate surface area is 133 Å². The van der Waals surface area contributed by atoms with Gasteiger partial charge in [0.05, 0.1) is 17.1 Å². The van der Waals surface area contributed by atoms with Crippen LogP contribution in [0.4, 0.5) is 13.2 Å². The summed E-state index contributed by atoms with van der Waals surface area (Å²) in [5.74, 6) is 1.17. The van der Waals surface area contributed by atoms with Crippen LogP contribution in [0.15, 0.2) is 23.1 Å². The van der Waals surface area contributed by atoms with Gasteiger partial charge in [0.25, 0.3) is 0 Å². The van der Waals surface area contributed by atoms with E-state index >= 15 is 0 Å². The molecular weight excluding hydrogens is 313 g/mol. The number of hydrogen-bond acceptors (Lipinski definition) is 3. The molecule has 0 N–H and O–H groups in total. The third kappa shape index (κ3) is 4.81. The molecule has 1 unspecified atom stereocenters. The first kappa shape index (κ1) is 17.5. The van der Waals surface area contributed by atoms with Crippen LogP contribution >= 0.6 is 11.8 Å². The maximum atomic E-state index is 13.2. The lowest BCUT2D eigenvalue weighted by molar-refractivity contribution is -0.141. The Hall–Kier alpha value is -0.880. The molecule has 2 rings (SSSR count). The minimum atomic E-state index is -4.38. The average Bonchev–Trinajstić information content (AvgIpc) is 2.45. The van der Waals surface area contributed by atoms with E-state index in [2.05, 4.69) is 0 Å². The number of rotatable bonds is 5. The fourth-order valence-corrected chi connectivity index (χ4v) is 3.27. The molecule has 0 aliphatic carbocycles. The van der Waals surface area contributed by atoms with E-state index in [9.17, 15) is 13.2 Å². The van der Waals surface area contributed by atoms with E-state index in [1.165, 1.54) is 17.8 Å². The molecule has 1 fully saturated rings. The summed E-state index contributed by atoms with van der Waals surface area (Å²) in [6, 6.07) is 4.09. The van der Waals surface area contributed by atoms with E-state index in [0.717, 1.165) is 18.9 Å². The van der Waals surface area contributed by atoms with Gasteiger partial charge in [-0.05, 0) is 30.9 Å². The van der Waals surface area contributed by atoms with Crippen LogP contribution in [0.1, 0.15) is 38.7 Å². The molecule has 0 aromatic heterocycles. The largest absolute Gasteiger partial charge is 0.464 e. The van der Waals surface area contributed by atoms with Crippen LogP contribution in [0.3, 0.4) is 0 Å². The predicted molar refractivity (Wildman–Crippen MR) is 81.2 cm³/mol. The molecule has 22 heavy (non-hydrogen) atoms. The van der Waals surface area contributed by atoms with Crippen LogP contribution in [0, 0.1) is 5.92 Å². The summed E-state index contributed by atoms with van der Waals surface area (Å²) in [7, 11) is 0. The van der Waals surface area contributed by atoms with Crippen molar-refractivity contribution in [2.45, 2.75) is 50.5 Å². The number of halogens is 3. The van der Waals surface area contributed by atoms with Gasteiger partial charge in [0.15, 0.2) is 6.29 Å². The van der Waals surface area contributed by atoms with Crippen molar-refractivity contribution in [3.8, 4) is 5.75 Å². The highest BCUT2D eigenvalue weighted by Gasteiger charge is 2.35. The summed E-state index contributed by atoms with van der Waals surface area (Å²) in [6.07, 6.45) is -2.18. The smallest absolute Gasteiger partial charge is 0.417 e. The molecule has 1 saturated heterocycles. The van der Waals surface area contributed by atoms with Gasteiger partial charge in [-0.1, -0.05) is 19.9 Å². The van der Waals surface area contributed by atoms with E-state index in [1.54, 1.807) is 6.07 Å². The van der Waals surface area contributed by atoms with Crippen molar-refractivity contribution >= 4 is 11.8 Å². The zero-order valence-corrected chi connectivity index (χ0v) is 13.6. The zero-order valence-electron chi connectivity index (χ0n) is 12.8. The Morgan fingerprint density at radius 2 is 2.09 bits per heavy atom. The number of alkyl halides is 3. The van der Waals surface area contributed by atoms with Crippen LogP contribution in [-0.4, -0.2) is 18.6 Å². The molecule has 0 radical (unpaired) electrons. The molecular formula is C16H21F3O2S. The minimum Gasteiger partial charge on any atom is -0.464 e. The topological polar surface area (TPSA) is 18.5 Å². The molecule has 1 aromatic rings. The SMILES string of the molecule is CC(C)CSc1c(OC2CCCCO2)cccc1C(F)(F)F. The molecule has 2 nitrogen and oxygen atoms in total. The molecule has 0 bridgehead atoms. The Balaban J connectivity index is 2.25. The van der Waals surface area contributed by atoms with Gasteiger partial charge in [-0.15, -0.1) is 11.8 Å². The van der Waals surface area contributed by atoms with Gasteiger partial charge in [-0.2, -0.15) is 13.2 Å². The summed E-state index contributed by atoms with van der Waals surface area (Å²) in [4.78, 5) is 0.165. The van der Waals surface area contributed by atoms with Crippen LogP contribution in [0.25, 0.3) is 0 Å². The zero-order chi connectivity index (χ0) is 16.2. The third-order valence-corrected chi connectivity index (χ3v) is 4.78. The first-order valence-corrected chi connectivity index (χ1v) is 8.47. The van der Waals surface area contributed by atoms with Gasteiger partial charge in [0.1, 0.15) is 5.75 Å². The lowest BCUT2D eigenvalue weighted by Crippen LogP contribution is -2.25. The van der Waals surface area contributed by atoms with Crippen molar-refractivity contribution < 1.29 is 22.6 Å². The molecule has 124 valence electrons. The molecule has 1 aliphatic heterocycles. The minimum absolute atomic E-state index is 0.165. The Morgan fingerprint density at radius 3 is 2.68 bits per heavy atom. The molecule has 6 heteroatoms. The van der Waals surface area contributed by atoms with Crippen molar-refractivity contribution in [1.29, 1.82) is 0 Å². The molecule has 1 aromatic carbocycles. The van der Waals surface area contributed by atoms with Crippen LogP contribution in [0.5, 0.6) is 5.75 Å². The molecule has 1 atom stereocenters. The van der Waals surface area contributed by atoms with Crippen LogP contribution in [-0.2, 0) is 10.9 Å². The first-order chi connectivity index (χ1) is 10.4. The monoisotopic (exact) mass is 334 g/mol. The summed E-state index contributed by atoms with van der Waals surface area (Å²) < 4.78 is 50.9. The number of ether oxygens (including phenoxy) is 2. The summed E-state index contributed by atoms with van der Waals surface area (Å²) in [6.45, 7) is 4.56. The van der Waals surface area contributed by atoms with Gasteiger partial charge in [-0.25, -0.2) is 0 Å². The van der Waals surface area contributed by atoms with Gasteiger partial charge in [-0.3, -0.25) is 0 Å². The van der Waals surface area contributed by atoms with Crippen LogP contribution < -0.4 is 4.74 Å². The van der Waals surface area contributed by atoms with Crippen LogP contribution in [0.2, 0.25) is 0 Å². The summed E-state index contributed by atoms with van der Waals surface area (Å²) >= 11 is 1.20. The van der Waals surface area contributed by atoms with E-state index < -0.39 is 18.0 Å². The first-order valence-electron chi connectivity index (χ1n) is 7.49. The van der Waals surface area contributed by atoms with E-state index in [1.807, 2.05) is 13.8 Å². The van der Waals surface area contributed by atoms with Crippen molar-refractivity contribution in [3.63, 3.8) is 0 Å². The maximum absolute atomic E-state index is 13.2. The number of hydrogen-bond donors (Lipinski definition) is 0. The Bertz CT molecular complexity index is 483. The highest BCUT2D eigenvalue weighted by Crippen LogP contribution is 2.42. The van der Waals surface area contributed by atoms with E-state index in [0.29, 0.717) is 24.7 Å². The summed E-state index contributed by atoms with van der Waals surface area (Å²) in [5, 5.41) is 0. The summed E-state index contributed by atoms with van der Waals surface area (Å²) in [5.41, 5.74) is -0.633. The fraction of sp³-hybridized carbons (Fsp3) is 0.625. The lowest BCUT2D eigenvalue weighted by atomic mass is 10.2. The van der Waals surface area contributed by atoms with Gasteiger partial charge < -0.3 is 9.47 Å². The third-order valence-electron chi connectivity index (χ3n) is 3.24. The molecule has 1 aliphatic rings. The maximum Gasteiger partial charge on any atom is 0.417 e. The van der Waals surface area contributed by atoms with E-state index in [4.69, 9.17) is 9.47 Å². The molecule has 0 spiro atoms. The predicted octanol–water partition coefficient (Wildman–Crippen LogP) is 5.36. The number of thioether (sulfide) groups is 1. The number of benzene rings is 1. The second-order valence-corrected chi connectivity index (χ2v) is 6.78. The van der Waals surface area contributed by atoms with Crippen molar-refractivity contribution in [1.82, 2.24) is 0 Å². The van der Waals surface area contributed by atoms with Crippen molar-refractivity contribution in [2.24, 2.45) is 5.92 Å².